The predicted octanol–water partition coefficient (Wildman–Crippen LogP) is 8.81. The van der Waals surface area contributed by atoms with E-state index in [1.165, 1.54) is 24.3 Å². The average Bonchev–Trinajstić information content (AvgIpc) is 3.49. The van der Waals surface area contributed by atoms with Crippen molar-refractivity contribution < 1.29 is 44.1 Å². The molecule has 6 rings (SSSR count). The fourth-order valence-electron chi connectivity index (χ4n) is 6.73. The van der Waals surface area contributed by atoms with Crippen molar-refractivity contribution in [2.75, 3.05) is 5.75 Å². The third kappa shape index (κ3) is 5.77. The number of hydrogen-bond acceptors (Lipinski definition) is 3. The van der Waals surface area contributed by atoms with E-state index in [2.05, 4.69) is 4.98 Å². The minimum atomic E-state index is -4.45. The molecule has 0 spiro atoms. The Labute approximate surface area is 250 Å². The zero-order valence-electron chi connectivity index (χ0n) is 23.7. The van der Waals surface area contributed by atoms with Crippen molar-refractivity contribution >= 4 is 26.8 Å². The molecule has 2 aliphatic rings. The number of hydrogen-bond donors (Lipinski definition) is 2. The number of carbonyl (C=O) groups is 1. The predicted molar refractivity (Wildman–Crippen MR) is 154 cm³/mol. The highest BCUT2D eigenvalue weighted by molar-refractivity contribution is 7.85. The van der Waals surface area contributed by atoms with Crippen molar-refractivity contribution in [2.24, 2.45) is 16.7 Å². The SMILES string of the molecule is CC1(C)C2CCC1(CS(=O)(=O)O)C(=O)C2.FC(F)(F)c1ccc(-c2[nH]c3ccccc3c2-c2ccc(C(F)(F)F)cc2)cc1. The second-order valence-electron chi connectivity index (χ2n) is 12.0. The molecule has 5 nitrogen and oxygen atoms in total. The van der Waals surface area contributed by atoms with E-state index in [0.29, 0.717) is 35.2 Å². The van der Waals surface area contributed by atoms with Crippen LogP contribution in [0, 0.1) is 16.7 Å². The fourth-order valence-corrected chi connectivity index (χ4v) is 8.03. The number of fused-ring (bicyclic) bond motifs is 3. The summed E-state index contributed by atoms with van der Waals surface area (Å²) >= 11 is 0. The molecule has 3 aromatic carbocycles. The van der Waals surface area contributed by atoms with Gasteiger partial charge in [0.05, 0.1) is 28.0 Å². The molecule has 2 fully saturated rings. The maximum absolute atomic E-state index is 12.9. The first-order valence-electron chi connectivity index (χ1n) is 13.8. The van der Waals surface area contributed by atoms with Gasteiger partial charge in [0.15, 0.2) is 0 Å². The van der Waals surface area contributed by atoms with Crippen LogP contribution in [0.2, 0.25) is 0 Å². The lowest BCUT2D eigenvalue weighted by atomic mass is 9.70. The topological polar surface area (TPSA) is 87.2 Å². The van der Waals surface area contributed by atoms with Crippen LogP contribution >= 0.6 is 0 Å². The van der Waals surface area contributed by atoms with Crippen LogP contribution in [-0.2, 0) is 27.3 Å². The minimum absolute atomic E-state index is 0.0152. The molecule has 0 saturated heterocycles. The van der Waals surface area contributed by atoms with Crippen LogP contribution in [0.25, 0.3) is 33.3 Å². The van der Waals surface area contributed by atoms with Crippen LogP contribution in [0.4, 0.5) is 26.3 Å². The summed E-state index contributed by atoms with van der Waals surface area (Å²) in [5.74, 6) is -0.101. The van der Waals surface area contributed by atoms with E-state index in [0.717, 1.165) is 41.6 Å². The number of rotatable bonds is 4. The van der Waals surface area contributed by atoms with Gasteiger partial charge < -0.3 is 4.98 Å². The third-order valence-electron chi connectivity index (χ3n) is 9.28. The lowest BCUT2D eigenvalue weighted by molar-refractivity contribution is -0.138. The van der Waals surface area contributed by atoms with E-state index in [1.807, 2.05) is 19.9 Å². The van der Waals surface area contributed by atoms with Gasteiger partial charge in [-0.3, -0.25) is 9.35 Å². The number of nitrogens with one attached hydrogen (secondary N) is 1. The van der Waals surface area contributed by atoms with Gasteiger partial charge in [-0.1, -0.05) is 56.3 Å². The van der Waals surface area contributed by atoms with Crippen LogP contribution in [0.3, 0.4) is 0 Å². The normalized spacial score (nSPS) is 21.4. The molecule has 12 heteroatoms. The summed E-state index contributed by atoms with van der Waals surface area (Å²) in [6.07, 6.45) is -6.93. The van der Waals surface area contributed by atoms with Crippen LogP contribution in [0.1, 0.15) is 44.2 Å². The number of halogens is 6. The van der Waals surface area contributed by atoms with Gasteiger partial charge in [-0.15, -0.1) is 0 Å². The summed E-state index contributed by atoms with van der Waals surface area (Å²) in [5, 5.41) is 0.766. The summed E-state index contributed by atoms with van der Waals surface area (Å²) in [7, 11) is -4.08. The number of carbonyl (C=O) groups excluding carboxylic acids is 1. The van der Waals surface area contributed by atoms with Gasteiger partial charge in [-0.2, -0.15) is 34.8 Å². The van der Waals surface area contributed by atoms with Gasteiger partial charge >= 0.3 is 12.4 Å². The first-order chi connectivity index (χ1) is 20.3. The molecule has 2 N–H and O–H groups in total. The standard InChI is InChI=1S/C22H13F6N.C10H16O4S/c23-21(24,25)15-9-5-13(6-10-15)19-17-3-1-2-4-18(17)29-20(19)14-7-11-16(12-8-14)22(26,27)28;1-9(2)7-3-4-10(9,8(11)5-7)6-15(12,13)14/h1-12,29H;7H,3-6H2,1-2H3,(H,12,13,14). The fraction of sp³-hybridized carbons (Fsp3) is 0.344. The molecule has 2 bridgehead atoms. The second-order valence-corrected chi connectivity index (χ2v) is 13.4. The smallest absolute Gasteiger partial charge is 0.354 e. The summed E-state index contributed by atoms with van der Waals surface area (Å²) < 4.78 is 108. The molecule has 2 saturated carbocycles. The number of para-hydroxylation sites is 1. The molecule has 0 radical (unpaired) electrons. The molecule has 1 aromatic heterocycles. The molecular weight excluding hydrogens is 608 g/mol. The molecule has 4 aromatic rings. The Hall–Kier alpha value is -3.64. The number of Topliss-reactive ketones (excluding diaryl/α,β-unsaturated/α-hetero) is 1. The van der Waals surface area contributed by atoms with Gasteiger partial charge in [-0.25, -0.2) is 0 Å². The monoisotopic (exact) mass is 637 g/mol. The third-order valence-corrected chi connectivity index (χ3v) is 10.1. The summed E-state index contributed by atoms with van der Waals surface area (Å²) in [6, 6.07) is 16.6. The van der Waals surface area contributed by atoms with Crippen LogP contribution in [-0.4, -0.2) is 29.5 Å². The molecule has 2 unspecified atom stereocenters. The van der Waals surface area contributed by atoms with E-state index in [-0.39, 0.29) is 17.1 Å². The highest BCUT2D eigenvalue weighted by atomic mass is 32.2. The number of H-pyrrole nitrogens is 1. The van der Waals surface area contributed by atoms with Gasteiger partial charge in [-0.05, 0) is 65.6 Å². The van der Waals surface area contributed by atoms with E-state index in [4.69, 9.17) is 4.55 Å². The summed E-state index contributed by atoms with van der Waals surface area (Å²) in [6.45, 7) is 3.89. The van der Waals surface area contributed by atoms with E-state index in [1.54, 1.807) is 18.2 Å². The Bertz CT molecular complexity index is 1810. The van der Waals surface area contributed by atoms with E-state index in [9.17, 15) is 39.6 Å². The lowest BCUT2D eigenvalue weighted by Crippen LogP contribution is -2.42. The maximum Gasteiger partial charge on any atom is 0.416 e. The zero-order valence-corrected chi connectivity index (χ0v) is 24.5. The molecular formula is C32H29F6NO4S. The van der Waals surface area contributed by atoms with E-state index < -0.39 is 44.8 Å². The van der Waals surface area contributed by atoms with Crippen molar-refractivity contribution in [3.63, 3.8) is 0 Å². The highest BCUT2D eigenvalue weighted by Gasteiger charge is 2.65. The van der Waals surface area contributed by atoms with E-state index >= 15 is 0 Å². The van der Waals surface area contributed by atoms with Crippen molar-refractivity contribution in [3.8, 4) is 22.4 Å². The first kappa shape index (κ1) is 31.8. The van der Waals surface area contributed by atoms with Gasteiger partial charge in [0, 0.05) is 22.9 Å². The maximum atomic E-state index is 12.9. The van der Waals surface area contributed by atoms with Crippen molar-refractivity contribution in [1.82, 2.24) is 4.98 Å². The van der Waals surface area contributed by atoms with Gasteiger partial charge in [0.25, 0.3) is 10.1 Å². The molecule has 0 aliphatic heterocycles. The Balaban J connectivity index is 0.000000215. The molecule has 2 aliphatic carbocycles. The molecule has 1 heterocycles. The number of alkyl halides is 6. The second kappa shape index (κ2) is 10.8. The Kier molecular flexibility index (Phi) is 7.77. The highest BCUT2D eigenvalue weighted by Crippen LogP contribution is 2.64. The zero-order chi connectivity index (χ0) is 32.3. The van der Waals surface area contributed by atoms with Crippen molar-refractivity contribution in [1.29, 1.82) is 0 Å². The van der Waals surface area contributed by atoms with Crippen LogP contribution in [0.5, 0.6) is 0 Å². The van der Waals surface area contributed by atoms with Gasteiger partial charge in [0.1, 0.15) is 5.78 Å². The Morgan fingerprint density at radius 2 is 1.36 bits per heavy atom. The summed E-state index contributed by atoms with van der Waals surface area (Å²) in [5.41, 5.74) is 0.289. The minimum Gasteiger partial charge on any atom is -0.354 e. The molecule has 2 atom stereocenters. The molecule has 0 amide bonds. The number of ketones is 1. The quantitative estimate of drug-likeness (QED) is 0.173. The van der Waals surface area contributed by atoms with Gasteiger partial charge in [0.2, 0.25) is 0 Å². The number of aromatic nitrogens is 1. The Morgan fingerprint density at radius 3 is 1.82 bits per heavy atom. The van der Waals surface area contributed by atoms with Crippen molar-refractivity contribution in [3.05, 3.63) is 83.9 Å². The van der Waals surface area contributed by atoms with Crippen LogP contribution < -0.4 is 0 Å². The summed E-state index contributed by atoms with van der Waals surface area (Å²) in [4.78, 5) is 15.1. The van der Waals surface area contributed by atoms with Crippen molar-refractivity contribution in [2.45, 2.75) is 45.5 Å². The average molecular weight is 638 g/mol. The lowest BCUT2D eigenvalue weighted by Gasteiger charge is -2.35. The molecule has 234 valence electrons. The Morgan fingerprint density at radius 1 is 0.841 bits per heavy atom. The first-order valence-corrected chi connectivity index (χ1v) is 15.4. The largest absolute Gasteiger partial charge is 0.416 e. The van der Waals surface area contributed by atoms with Crippen LogP contribution in [0.15, 0.2) is 72.8 Å². The number of benzene rings is 3. The molecule has 44 heavy (non-hydrogen) atoms. The number of aromatic amines is 1.